The van der Waals surface area contributed by atoms with E-state index in [2.05, 4.69) is 9.98 Å². The zero-order chi connectivity index (χ0) is 20.5. The smallest absolute Gasteiger partial charge is 0.216 e. The maximum absolute atomic E-state index is 11.8. The number of aromatic amines is 1. The predicted molar refractivity (Wildman–Crippen MR) is 110 cm³/mol. The molecule has 4 rings (SSSR count). The summed E-state index contributed by atoms with van der Waals surface area (Å²) in [6, 6.07) is 9.52. The van der Waals surface area contributed by atoms with Crippen LogP contribution >= 0.6 is 0 Å². The van der Waals surface area contributed by atoms with Gasteiger partial charge in [-0.05, 0) is 37.3 Å². The molecule has 0 fully saturated rings. The van der Waals surface area contributed by atoms with E-state index in [1.54, 1.807) is 34.4 Å². The van der Waals surface area contributed by atoms with Crippen LogP contribution in [-0.2, 0) is 4.74 Å². The van der Waals surface area contributed by atoms with Gasteiger partial charge in [-0.1, -0.05) is 0 Å². The first-order chi connectivity index (χ1) is 14.0. The van der Waals surface area contributed by atoms with Crippen molar-refractivity contribution in [2.24, 2.45) is 4.99 Å². The molecule has 0 saturated carbocycles. The maximum atomic E-state index is 11.8. The average Bonchev–Trinajstić information content (AvgIpc) is 3.39. The highest BCUT2D eigenvalue weighted by atomic mass is 16.5. The third kappa shape index (κ3) is 3.29. The second-order valence-electron chi connectivity index (χ2n) is 6.73. The van der Waals surface area contributed by atoms with Crippen molar-refractivity contribution in [1.82, 2.24) is 4.98 Å². The highest BCUT2D eigenvalue weighted by Gasteiger charge is 2.26. The quantitative estimate of drug-likeness (QED) is 0.641. The van der Waals surface area contributed by atoms with Gasteiger partial charge in [0.15, 0.2) is 17.3 Å². The van der Waals surface area contributed by atoms with Crippen molar-refractivity contribution >= 4 is 22.6 Å². The molecule has 1 atom stereocenters. The average molecular weight is 394 g/mol. The number of rotatable bonds is 6. The van der Waals surface area contributed by atoms with E-state index in [9.17, 15) is 4.79 Å². The molecule has 0 amide bonds. The van der Waals surface area contributed by atoms with Crippen LogP contribution in [0.4, 0.5) is 0 Å². The molecule has 1 aliphatic rings. The Hall–Kier alpha value is -3.48. The number of nitrogens with zero attached hydrogens (tertiary/aromatic N) is 1. The van der Waals surface area contributed by atoms with Gasteiger partial charge in [0, 0.05) is 33.8 Å². The summed E-state index contributed by atoms with van der Waals surface area (Å²) >= 11 is 0. The number of aliphatic imine (C=N–C) groups is 1. The number of H-pyrrole nitrogens is 1. The second-order valence-corrected chi connectivity index (χ2v) is 6.73. The Kier molecular flexibility index (Phi) is 4.88. The highest BCUT2D eigenvalue weighted by molar-refractivity contribution is 6.09. The standard InChI is InChI=1S/C22H22N2O5/c1-12(25)16-10-23-17-6-5-13(7-15(16)17)22-24-11-20(29-22)14-8-18(26-2)21(28-4)19(9-14)27-3/h5-10,20,23H,11H2,1-4H3. The maximum Gasteiger partial charge on any atom is 0.216 e. The fourth-order valence-corrected chi connectivity index (χ4v) is 3.54. The number of methoxy groups -OCH3 is 3. The summed E-state index contributed by atoms with van der Waals surface area (Å²) in [5, 5.41) is 0.859. The van der Waals surface area contributed by atoms with E-state index in [-0.39, 0.29) is 11.9 Å². The van der Waals surface area contributed by atoms with Crippen molar-refractivity contribution in [3.63, 3.8) is 0 Å². The summed E-state index contributed by atoms with van der Waals surface area (Å²) in [6.45, 7) is 2.03. The summed E-state index contributed by atoms with van der Waals surface area (Å²) < 4.78 is 22.4. The summed E-state index contributed by atoms with van der Waals surface area (Å²) in [5.41, 5.74) is 3.26. The molecule has 7 nitrogen and oxygen atoms in total. The van der Waals surface area contributed by atoms with E-state index in [4.69, 9.17) is 18.9 Å². The van der Waals surface area contributed by atoms with E-state index in [0.29, 0.717) is 35.3 Å². The summed E-state index contributed by atoms with van der Waals surface area (Å²) in [7, 11) is 4.73. The topological polar surface area (TPSA) is 82.1 Å². The Labute approximate surface area is 168 Å². The van der Waals surface area contributed by atoms with Crippen molar-refractivity contribution in [3.05, 3.63) is 53.2 Å². The third-order valence-electron chi connectivity index (χ3n) is 5.02. The minimum Gasteiger partial charge on any atom is -0.493 e. The van der Waals surface area contributed by atoms with Crippen molar-refractivity contribution in [2.75, 3.05) is 27.9 Å². The van der Waals surface area contributed by atoms with E-state index < -0.39 is 0 Å². The molecule has 0 spiro atoms. The highest BCUT2D eigenvalue weighted by Crippen LogP contribution is 2.41. The summed E-state index contributed by atoms with van der Waals surface area (Å²) in [5.74, 6) is 2.23. The Morgan fingerprint density at radius 3 is 2.45 bits per heavy atom. The van der Waals surface area contributed by atoms with Gasteiger partial charge in [-0.2, -0.15) is 0 Å². The normalized spacial score (nSPS) is 15.7. The Morgan fingerprint density at radius 2 is 1.83 bits per heavy atom. The van der Waals surface area contributed by atoms with Gasteiger partial charge in [0.1, 0.15) is 6.10 Å². The molecule has 7 heteroatoms. The van der Waals surface area contributed by atoms with E-state index in [0.717, 1.165) is 22.0 Å². The van der Waals surface area contributed by atoms with Gasteiger partial charge < -0.3 is 23.9 Å². The lowest BCUT2D eigenvalue weighted by molar-refractivity contribution is 0.101. The van der Waals surface area contributed by atoms with Gasteiger partial charge >= 0.3 is 0 Å². The zero-order valence-electron chi connectivity index (χ0n) is 16.7. The number of Topliss-reactive ketones (excluding diaryl/α,β-unsaturated/α-hetero) is 1. The fourth-order valence-electron chi connectivity index (χ4n) is 3.54. The molecule has 1 unspecified atom stereocenters. The van der Waals surface area contributed by atoms with Crippen molar-refractivity contribution in [1.29, 1.82) is 0 Å². The molecule has 150 valence electrons. The Morgan fingerprint density at radius 1 is 1.10 bits per heavy atom. The van der Waals surface area contributed by atoms with Gasteiger partial charge in [0.25, 0.3) is 0 Å². The molecule has 0 bridgehead atoms. The number of aromatic nitrogens is 1. The lowest BCUT2D eigenvalue weighted by Crippen LogP contribution is -2.07. The van der Waals surface area contributed by atoms with E-state index in [1.165, 1.54) is 0 Å². The third-order valence-corrected chi connectivity index (χ3v) is 5.02. The molecule has 0 radical (unpaired) electrons. The largest absolute Gasteiger partial charge is 0.493 e. The first-order valence-corrected chi connectivity index (χ1v) is 9.19. The number of benzene rings is 2. The van der Waals surface area contributed by atoms with Gasteiger partial charge in [0.2, 0.25) is 11.6 Å². The van der Waals surface area contributed by atoms with Crippen LogP contribution in [0, 0.1) is 0 Å². The number of fused-ring (bicyclic) bond motifs is 1. The monoisotopic (exact) mass is 394 g/mol. The molecule has 2 aromatic carbocycles. The SMILES string of the molecule is COc1cc(C2CN=C(c3ccc4[nH]cc(C(C)=O)c4c3)O2)cc(OC)c1OC. The molecule has 1 N–H and O–H groups in total. The van der Waals surface area contributed by atoms with E-state index in [1.807, 2.05) is 30.3 Å². The van der Waals surface area contributed by atoms with Gasteiger partial charge in [-0.25, -0.2) is 4.99 Å². The van der Waals surface area contributed by atoms with Gasteiger partial charge in [-0.3, -0.25) is 4.79 Å². The molecule has 29 heavy (non-hydrogen) atoms. The molecule has 0 saturated heterocycles. The van der Waals surface area contributed by atoms with Crippen LogP contribution in [0.2, 0.25) is 0 Å². The van der Waals surface area contributed by atoms with Crippen LogP contribution in [0.15, 0.2) is 41.5 Å². The van der Waals surface area contributed by atoms with Crippen LogP contribution in [-0.4, -0.2) is 44.5 Å². The molecule has 1 aromatic heterocycles. The summed E-state index contributed by atoms with van der Waals surface area (Å²) in [6.07, 6.45) is 1.46. The number of carbonyl (C=O) groups excluding carboxylic acids is 1. The molecule has 2 heterocycles. The lowest BCUT2D eigenvalue weighted by atomic mass is 10.1. The zero-order valence-corrected chi connectivity index (χ0v) is 16.7. The number of nitrogens with one attached hydrogen (secondary N) is 1. The van der Waals surface area contributed by atoms with Gasteiger partial charge in [-0.15, -0.1) is 0 Å². The van der Waals surface area contributed by atoms with Crippen LogP contribution in [0.1, 0.15) is 34.5 Å². The molecule has 1 aliphatic heterocycles. The Bertz CT molecular complexity index is 1090. The summed E-state index contributed by atoms with van der Waals surface area (Å²) in [4.78, 5) is 19.5. The first-order valence-electron chi connectivity index (χ1n) is 9.19. The Balaban J connectivity index is 1.63. The van der Waals surface area contributed by atoms with Crippen LogP contribution < -0.4 is 14.2 Å². The number of hydrogen-bond donors (Lipinski definition) is 1. The van der Waals surface area contributed by atoms with Crippen molar-refractivity contribution in [3.8, 4) is 17.2 Å². The second kappa shape index (κ2) is 7.50. The molecular formula is C22H22N2O5. The molecule has 0 aliphatic carbocycles. The predicted octanol–water partition coefficient (Wildman–Crippen LogP) is 3.91. The number of hydrogen-bond acceptors (Lipinski definition) is 6. The minimum atomic E-state index is -0.270. The molecule has 3 aromatic rings. The van der Waals surface area contributed by atoms with Crippen LogP contribution in [0.3, 0.4) is 0 Å². The first kappa shape index (κ1) is 18.9. The van der Waals surface area contributed by atoms with Crippen molar-refractivity contribution < 1.29 is 23.7 Å². The number of ketones is 1. The lowest BCUT2D eigenvalue weighted by Gasteiger charge is -2.17. The minimum absolute atomic E-state index is 0.0120. The van der Waals surface area contributed by atoms with Crippen LogP contribution in [0.5, 0.6) is 17.2 Å². The molecular weight excluding hydrogens is 372 g/mol. The van der Waals surface area contributed by atoms with Gasteiger partial charge in [0.05, 0.1) is 27.9 Å². The number of carbonyl (C=O) groups is 1. The number of ether oxygens (including phenoxy) is 4. The van der Waals surface area contributed by atoms with E-state index >= 15 is 0 Å². The van der Waals surface area contributed by atoms with Crippen molar-refractivity contribution in [2.45, 2.75) is 13.0 Å². The van der Waals surface area contributed by atoms with Crippen LogP contribution in [0.25, 0.3) is 10.9 Å². The fraction of sp³-hybridized carbons (Fsp3) is 0.273.